The van der Waals surface area contributed by atoms with Gasteiger partial charge in [0, 0.05) is 16.7 Å². The molecule has 3 aromatic carbocycles. The maximum atomic E-state index is 14.8. The van der Waals surface area contributed by atoms with E-state index in [1.165, 1.54) is 18.2 Å². The average molecular weight is 469 g/mol. The van der Waals surface area contributed by atoms with Crippen molar-refractivity contribution in [1.82, 2.24) is 0 Å². The highest BCUT2D eigenvalue weighted by Crippen LogP contribution is 2.34. The van der Waals surface area contributed by atoms with E-state index in [1.807, 2.05) is 12.1 Å². The molecule has 168 valence electrons. The maximum absolute atomic E-state index is 14.8. The molecule has 0 bridgehead atoms. The van der Waals surface area contributed by atoms with Gasteiger partial charge in [0.15, 0.2) is 11.6 Å². The Morgan fingerprint density at radius 1 is 0.844 bits per heavy atom. The molecule has 0 amide bonds. The van der Waals surface area contributed by atoms with Gasteiger partial charge >= 0.3 is 6.18 Å². The Morgan fingerprint density at radius 2 is 1.41 bits per heavy atom. The zero-order valence-electron chi connectivity index (χ0n) is 17.0. The summed E-state index contributed by atoms with van der Waals surface area (Å²) < 4.78 is 81.5. The van der Waals surface area contributed by atoms with Crippen LogP contribution in [0.2, 0.25) is 0 Å². The molecule has 0 aliphatic rings. The second-order valence-corrected chi connectivity index (χ2v) is 7.72. The third-order valence-corrected chi connectivity index (χ3v) is 5.35. The fourth-order valence-corrected chi connectivity index (χ4v) is 3.37. The van der Waals surface area contributed by atoms with Gasteiger partial charge in [-0.05, 0) is 41.7 Å². The second kappa shape index (κ2) is 9.82. The van der Waals surface area contributed by atoms with Gasteiger partial charge in [-0.25, -0.2) is 13.2 Å². The van der Waals surface area contributed by atoms with Crippen molar-refractivity contribution in [1.29, 1.82) is 0 Å². The van der Waals surface area contributed by atoms with E-state index in [0.29, 0.717) is 11.6 Å². The van der Waals surface area contributed by atoms with Crippen LogP contribution in [0.3, 0.4) is 0 Å². The first-order chi connectivity index (χ1) is 15.1. The SMILES string of the molecule is CCCCc1ccc(-c2ccc(-c3ccc(/C=C(\Cl)C(F)(F)F)c(F)c3)c(F)c2F)cc1. The van der Waals surface area contributed by atoms with Crippen LogP contribution in [0.25, 0.3) is 28.3 Å². The van der Waals surface area contributed by atoms with E-state index >= 15 is 0 Å². The molecule has 3 aromatic rings. The number of hydrogen-bond donors (Lipinski definition) is 0. The molecule has 0 nitrogen and oxygen atoms in total. The molecule has 0 aliphatic carbocycles. The normalized spacial score (nSPS) is 12.3. The Labute approximate surface area is 187 Å². The van der Waals surface area contributed by atoms with Gasteiger partial charge in [-0.1, -0.05) is 73.5 Å². The van der Waals surface area contributed by atoms with Crippen LogP contribution in [0.15, 0.2) is 59.6 Å². The molecule has 0 saturated heterocycles. The number of halogens is 7. The van der Waals surface area contributed by atoms with Crippen molar-refractivity contribution in [2.75, 3.05) is 0 Å². The minimum Gasteiger partial charge on any atom is -0.206 e. The summed E-state index contributed by atoms with van der Waals surface area (Å²) in [6.07, 6.45) is -1.39. The molecule has 0 unspecified atom stereocenters. The van der Waals surface area contributed by atoms with Crippen molar-refractivity contribution in [2.24, 2.45) is 0 Å². The van der Waals surface area contributed by atoms with E-state index in [1.54, 1.807) is 12.1 Å². The number of aryl methyl sites for hydroxylation is 1. The fourth-order valence-electron chi connectivity index (χ4n) is 3.26. The number of unbranched alkanes of at least 4 members (excludes halogenated alkanes) is 1. The Morgan fingerprint density at radius 3 is 1.94 bits per heavy atom. The maximum Gasteiger partial charge on any atom is 0.426 e. The summed E-state index contributed by atoms with van der Waals surface area (Å²) in [7, 11) is 0. The van der Waals surface area contributed by atoms with Crippen LogP contribution < -0.4 is 0 Å². The molecule has 32 heavy (non-hydrogen) atoms. The zero-order chi connectivity index (χ0) is 23.5. The molecule has 7 heteroatoms. The summed E-state index contributed by atoms with van der Waals surface area (Å²) in [5.41, 5.74) is 1.02. The van der Waals surface area contributed by atoms with E-state index in [2.05, 4.69) is 6.92 Å². The summed E-state index contributed by atoms with van der Waals surface area (Å²) in [6.45, 7) is 2.09. The molecular formula is C25H19ClF6. The molecule has 0 spiro atoms. The minimum absolute atomic E-state index is 0.0133. The summed E-state index contributed by atoms with van der Waals surface area (Å²) in [4.78, 5) is 0. The molecule has 0 N–H and O–H groups in total. The topological polar surface area (TPSA) is 0 Å². The third kappa shape index (κ3) is 5.36. The Bertz CT molecular complexity index is 1130. The van der Waals surface area contributed by atoms with Gasteiger partial charge in [-0.15, -0.1) is 0 Å². The average Bonchev–Trinajstić information content (AvgIpc) is 2.75. The molecule has 0 saturated carbocycles. The lowest BCUT2D eigenvalue weighted by Gasteiger charge is -2.11. The summed E-state index contributed by atoms with van der Waals surface area (Å²) in [6, 6.07) is 12.9. The van der Waals surface area contributed by atoms with Crippen molar-refractivity contribution in [2.45, 2.75) is 32.4 Å². The van der Waals surface area contributed by atoms with Crippen LogP contribution in [-0.4, -0.2) is 6.18 Å². The minimum atomic E-state index is -4.81. The Balaban J connectivity index is 1.92. The highest BCUT2D eigenvalue weighted by molar-refractivity contribution is 6.32. The first-order valence-corrected chi connectivity index (χ1v) is 10.3. The van der Waals surface area contributed by atoms with Gasteiger partial charge in [0.2, 0.25) is 0 Å². The van der Waals surface area contributed by atoms with Gasteiger partial charge in [0.05, 0.1) is 0 Å². The molecule has 0 fully saturated rings. The third-order valence-electron chi connectivity index (χ3n) is 5.03. The van der Waals surface area contributed by atoms with Crippen LogP contribution in [-0.2, 0) is 6.42 Å². The smallest absolute Gasteiger partial charge is 0.206 e. The van der Waals surface area contributed by atoms with Gasteiger partial charge < -0.3 is 0 Å². The molecule has 0 aliphatic heterocycles. The lowest BCUT2D eigenvalue weighted by molar-refractivity contribution is -0.0836. The monoisotopic (exact) mass is 468 g/mol. The van der Waals surface area contributed by atoms with Gasteiger partial charge in [-0.3, -0.25) is 0 Å². The molecule has 0 aromatic heterocycles. The fraction of sp³-hybridized carbons (Fsp3) is 0.200. The summed E-state index contributed by atoms with van der Waals surface area (Å²) >= 11 is 5.14. The standard InChI is InChI=1S/C25H19ClF6/c1-2-3-4-15-5-7-16(8-6-15)19-11-12-20(24(29)23(19)28)17-9-10-18(21(27)13-17)14-22(26)25(30,31)32/h5-14H,2-4H2,1H3/b22-14-. The van der Waals surface area contributed by atoms with Crippen LogP contribution in [0, 0.1) is 17.5 Å². The molecule has 0 atom stereocenters. The van der Waals surface area contributed by atoms with Gasteiger partial charge in [0.25, 0.3) is 0 Å². The highest BCUT2D eigenvalue weighted by Gasteiger charge is 2.32. The van der Waals surface area contributed by atoms with Crippen LogP contribution in [0.5, 0.6) is 0 Å². The second-order valence-electron chi connectivity index (χ2n) is 7.32. The highest BCUT2D eigenvalue weighted by atomic mass is 35.5. The van der Waals surface area contributed by atoms with Gasteiger partial charge in [0.1, 0.15) is 10.8 Å². The van der Waals surface area contributed by atoms with Crippen molar-refractivity contribution in [3.63, 3.8) is 0 Å². The molecular weight excluding hydrogens is 450 g/mol. The van der Waals surface area contributed by atoms with Crippen LogP contribution >= 0.6 is 11.6 Å². The van der Waals surface area contributed by atoms with Crippen molar-refractivity contribution < 1.29 is 26.3 Å². The van der Waals surface area contributed by atoms with Gasteiger partial charge in [-0.2, -0.15) is 13.2 Å². The number of hydrogen-bond acceptors (Lipinski definition) is 0. The first-order valence-electron chi connectivity index (χ1n) is 9.93. The Hall–Kier alpha value is -2.73. The van der Waals surface area contributed by atoms with E-state index in [-0.39, 0.29) is 16.7 Å². The van der Waals surface area contributed by atoms with Crippen LogP contribution in [0.1, 0.15) is 30.9 Å². The van der Waals surface area contributed by atoms with Crippen molar-refractivity contribution in [3.8, 4) is 22.3 Å². The Kier molecular flexibility index (Phi) is 7.34. The quantitative estimate of drug-likeness (QED) is 0.317. The van der Waals surface area contributed by atoms with E-state index in [0.717, 1.165) is 37.0 Å². The molecule has 0 radical (unpaired) electrons. The lowest BCUT2D eigenvalue weighted by atomic mass is 9.97. The predicted octanol–water partition coefficient (Wildman–Crippen LogP) is 8.92. The van der Waals surface area contributed by atoms with Crippen molar-refractivity contribution in [3.05, 3.63) is 88.2 Å². The predicted molar refractivity (Wildman–Crippen MR) is 116 cm³/mol. The largest absolute Gasteiger partial charge is 0.426 e. The number of benzene rings is 3. The zero-order valence-corrected chi connectivity index (χ0v) is 17.8. The van der Waals surface area contributed by atoms with Crippen molar-refractivity contribution >= 4 is 17.7 Å². The molecule has 0 heterocycles. The number of allylic oxidation sites excluding steroid dienone is 1. The molecule has 3 rings (SSSR count). The van der Waals surface area contributed by atoms with E-state index < -0.39 is 34.2 Å². The van der Waals surface area contributed by atoms with Crippen LogP contribution in [0.4, 0.5) is 26.3 Å². The number of alkyl halides is 3. The summed E-state index contributed by atoms with van der Waals surface area (Å²) in [5.74, 6) is -3.31. The lowest BCUT2D eigenvalue weighted by Crippen LogP contribution is -2.06. The van der Waals surface area contributed by atoms with E-state index in [4.69, 9.17) is 11.6 Å². The summed E-state index contributed by atoms with van der Waals surface area (Å²) in [5, 5.41) is -1.49. The first kappa shape index (κ1) is 23.9. The van der Waals surface area contributed by atoms with E-state index in [9.17, 15) is 26.3 Å². The number of rotatable bonds is 6.